The summed E-state index contributed by atoms with van der Waals surface area (Å²) in [6.45, 7) is 0. The van der Waals surface area contributed by atoms with Crippen molar-refractivity contribution in [2.45, 2.75) is 37.6 Å². The molecule has 120 valence electrons. The number of H-pyrrole nitrogens is 1. The van der Waals surface area contributed by atoms with Crippen molar-refractivity contribution in [3.8, 4) is 0 Å². The largest absolute Gasteiger partial charge is 0.516 e. The second kappa shape index (κ2) is 5.19. The maximum absolute atomic E-state index is 12.5. The van der Waals surface area contributed by atoms with Gasteiger partial charge in [0, 0.05) is 11.1 Å². The Labute approximate surface area is 125 Å². The summed E-state index contributed by atoms with van der Waals surface area (Å²) in [7, 11) is -5.42. The van der Waals surface area contributed by atoms with Crippen molar-refractivity contribution >= 4 is 26.6 Å². The first-order valence-corrected chi connectivity index (χ1v) is 8.49. The van der Waals surface area contributed by atoms with Crippen LogP contribution in [0.5, 0.6) is 0 Å². The molecule has 2 N–H and O–H groups in total. The van der Waals surface area contributed by atoms with Crippen LogP contribution in [-0.2, 0) is 22.9 Å². The summed E-state index contributed by atoms with van der Waals surface area (Å²) in [5.41, 5.74) is -2.91. The number of fused-ring (bicyclic) bond motifs is 3. The fourth-order valence-electron chi connectivity index (χ4n) is 2.89. The van der Waals surface area contributed by atoms with E-state index in [9.17, 15) is 21.6 Å². The van der Waals surface area contributed by atoms with Crippen LogP contribution in [0, 0.1) is 0 Å². The number of alkyl halides is 3. The van der Waals surface area contributed by atoms with Crippen molar-refractivity contribution in [1.29, 1.82) is 0 Å². The van der Waals surface area contributed by atoms with Crippen molar-refractivity contribution in [2.75, 3.05) is 4.72 Å². The Hall–Kier alpha value is -1.70. The van der Waals surface area contributed by atoms with E-state index in [4.69, 9.17) is 0 Å². The van der Waals surface area contributed by atoms with Crippen LogP contribution < -0.4 is 4.72 Å². The lowest BCUT2D eigenvalue weighted by Gasteiger charge is -2.11. The van der Waals surface area contributed by atoms with E-state index in [1.807, 2.05) is 0 Å². The molecule has 0 aliphatic heterocycles. The summed E-state index contributed by atoms with van der Waals surface area (Å²) in [5, 5.41) is 0.791. The number of aromatic nitrogens is 1. The SMILES string of the molecule is O=S(=O)(Nc1cccc2c3c([nH]c12)CCCCC3)C(F)(F)F. The molecule has 0 saturated carbocycles. The van der Waals surface area contributed by atoms with Crippen LogP contribution in [0.1, 0.15) is 30.5 Å². The van der Waals surface area contributed by atoms with Crippen LogP contribution in [-0.4, -0.2) is 18.9 Å². The number of hydrogen-bond acceptors (Lipinski definition) is 2. The minimum absolute atomic E-state index is 0.0668. The summed E-state index contributed by atoms with van der Waals surface area (Å²) in [6, 6.07) is 4.71. The standard InChI is InChI=1S/C14H15F3N2O2S/c15-14(16,17)22(20,21)19-12-8-4-6-10-9-5-2-1-3-7-11(9)18-13(10)12/h4,6,8,18-19H,1-3,5,7H2. The average molecular weight is 332 g/mol. The third kappa shape index (κ3) is 2.55. The molecule has 0 spiro atoms. The van der Waals surface area contributed by atoms with Crippen LogP contribution in [0.4, 0.5) is 18.9 Å². The zero-order valence-electron chi connectivity index (χ0n) is 11.6. The molecule has 8 heteroatoms. The van der Waals surface area contributed by atoms with Crippen LogP contribution in [0.25, 0.3) is 10.9 Å². The van der Waals surface area contributed by atoms with Crippen LogP contribution in [0.2, 0.25) is 0 Å². The number of rotatable bonds is 2. The molecular weight excluding hydrogens is 317 g/mol. The molecule has 22 heavy (non-hydrogen) atoms. The molecule has 3 rings (SSSR count). The number of hydrogen-bond donors (Lipinski definition) is 2. The number of aromatic amines is 1. The fraction of sp³-hybridized carbons (Fsp3) is 0.429. The molecule has 1 heterocycles. The van der Waals surface area contributed by atoms with Crippen molar-refractivity contribution in [3.05, 3.63) is 29.5 Å². The average Bonchev–Trinajstić information content (AvgIpc) is 2.62. The Balaban J connectivity index is 2.09. The Bertz CT molecular complexity index is 809. The van der Waals surface area contributed by atoms with Crippen molar-refractivity contribution in [3.63, 3.8) is 0 Å². The summed E-state index contributed by atoms with van der Waals surface area (Å²) in [6.07, 6.45) is 4.84. The Kier molecular flexibility index (Phi) is 3.58. The Morgan fingerprint density at radius 3 is 2.55 bits per heavy atom. The number of nitrogens with one attached hydrogen (secondary N) is 2. The molecule has 2 aromatic rings. The van der Waals surface area contributed by atoms with Crippen molar-refractivity contribution < 1.29 is 21.6 Å². The van der Waals surface area contributed by atoms with Gasteiger partial charge in [-0.1, -0.05) is 18.6 Å². The highest BCUT2D eigenvalue weighted by Gasteiger charge is 2.46. The first kappa shape index (κ1) is 15.2. The Morgan fingerprint density at radius 2 is 1.82 bits per heavy atom. The van der Waals surface area contributed by atoms with Crippen LogP contribution in [0.15, 0.2) is 18.2 Å². The highest BCUT2D eigenvalue weighted by molar-refractivity contribution is 7.93. The van der Waals surface area contributed by atoms with Gasteiger partial charge in [0.15, 0.2) is 0 Å². The normalized spacial score (nSPS) is 16.3. The van der Waals surface area contributed by atoms with E-state index in [-0.39, 0.29) is 5.69 Å². The van der Waals surface area contributed by atoms with E-state index in [2.05, 4.69) is 4.98 Å². The lowest BCUT2D eigenvalue weighted by molar-refractivity contribution is -0.0429. The van der Waals surface area contributed by atoms with Gasteiger partial charge >= 0.3 is 15.5 Å². The number of sulfonamides is 1. The summed E-state index contributed by atoms with van der Waals surface area (Å²) < 4.78 is 61.9. The van der Waals surface area contributed by atoms with E-state index in [0.717, 1.165) is 48.7 Å². The molecule has 0 radical (unpaired) electrons. The third-order valence-corrected chi connectivity index (χ3v) is 5.03. The summed E-state index contributed by atoms with van der Waals surface area (Å²) in [5.74, 6) is 0. The van der Waals surface area contributed by atoms with Crippen molar-refractivity contribution in [1.82, 2.24) is 4.98 Å². The molecule has 4 nitrogen and oxygen atoms in total. The summed E-state index contributed by atoms with van der Waals surface area (Å²) >= 11 is 0. The van der Waals surface area contributed by atoms with Gasteiger partial charge in [-0.15, -0.1) is 0 Å². The molecule has 0 bridgehead atoms. The highest BCUT2D eigenvalue weighted by atomic mass is 32.2. The van der Waals surface area contributed by atoms with Gasteiger partial charge in [-0.3, -0.25) is 4.72 Å². The zero-order valence-corrected chi connectivity index (χ0v) is 12.4. The number of benzene rings is 1. The molecule has 0 atom stereocenters. The molecule has 1 aliphatic rings. The smallest absolute Gasteiger partial charge is 0.356 e. The van der Waals surface area contributed by atoms with Gasteiger partial charge in [0.05, 0.1) is 11.2 Å². The fourth-order valence-corrected chi connectivity index (χ4v) is 3.47. The van der Waals surface area contributed by atoms with E-state index in [0.29, 0.717) is 5.52 Å². The first-order valence-electron chi connectivity index (χ1n) is 7.01. The predicted molar refractivity (Wildman–Crippen MR) is 78.2 cm³/mol. The maximum Gasteiger partial charge on any atom is 0.516 e. The second-order valence-electron chi connectivity index (χ2n) is 5.42. The van der Waals surface area contributed by atoms with Gasteiger partial charge in [-0.05, 0) is 37.3 Å². The van der Waals surface area contributed by atoms with Gasteiger partial charge in [0.2, 0.25) is 0 Å². The third-order valence-electron chi connectivity index (χ3n) is 3.93. The second-order valence-corrected chi connectivity index (χ2v) is 7.10. The predicted octanol–water partition coefficient (Wildman–Crippen LogP) is 3.70. The minimum atomic E-state index is -5.42. The lowest BCUT2D eigenvalue weighted by atomic mass is 10.1. The van der Waals surface area contributed by atoms with Gasteiger partial charge in [-0.25, -0.2) is 0 Å². The first-order chi connectivity index (χ1) is 10.3. The van der Waals surface area contributed by atoms with Crippen LogP contribution >= 0.6 is 0 Å². The van der Waals surface area contributed by atoms with E-state index in [1.165, 1.54) is 6.07 Å². The quantitative estimate of drug-likeness (QED) is 0.824. The molecule has 0 saturated heterocycles. The number of anilines is 1. The monoisotopic (exact) mass is 332 g/mol. The van der Waals surface area contributed by atoms with E-state index >= 15 is 0 Å². The van der Waals surface area contributed by atoms with E-state index < -0.39 is 15.5 Å². The number of halogens is 3. The van der Waals surface area contributed by atoms with Gasteiger partial charge in [0.1, 0.15) is 0 Å². The number of aryl methyl sites for hydroxylation is 2. The molecule has 1 aliphatic carbocycles. The molecular formula is C14H15F3N2O2S. The lowest BCUT2D eigenvalue weighted by Crippen LogP contribution is -2.30. The molecule has 0 fully saturated rings. The topological polar surface area (TPSA) is 62.0 Å². The van der Waals surface area contributed by atoms with Gasteiger partial charge < -0.3 is 4.98 Å². The summed E-state index contributed by atoms with van der Waals surface area (Å²) in [4.78, 5) is 3.10. The van der Waals surface area contributed by atoms with Crippen molar-refractivity contribution in [2.24, 2.45) is 0 Å². The minimum Gasteiger partial charge on any atom is -0.356 e. The molecule has 0 unspecified atom stereocenters. The van der Waals surface area contributed by atoms with Crippen LogP contribution in [0.3, 0.4) is 0 Å². The Morgan fingerprint density at radius 1 is 1.09 bits per heavy atom. The van der Waals surface area contributed by atoms with Gasteiger partial charge in [0.25, 0.3) is 0 Å². The molecule has 0 amide bonds. The maximum atomic E-state index is 12.5. The number of para-hydroxylation sites is 1. The molecule has 1 aromatic heterocycles. The molecule has 1 aromatic carbocycles. The van der Waals surface area contributed by atoms with E-state index in [1.54, 1.807) is 16.9 Å². The highest BCUT2D eigenvalue weighted by Crippen LogP contribution is 2.34. The van der Waals surface area contributed by atoms with Gasteiger partial charge in [-0.2, -0.15) is 21.6 Å². The zero-order chi connectivity index (χ0) is 16.0.